The van der Waals surface area contributed by atoms with E-state index in [1.165, 1.54) is 30.6 Å². The molecule has 2 rings (SSSR count). The van der Waals surface area contributed by atoms with Gasteiger partial charge >= 0.3 is 0 Å². The summed E-state index contributed by atoms with van der Waals surface area (Å²) in [6, 6.07) is 9.43. The molecule has 0 amide bonds. The smallest absolute Gasteiger partial charge is 0.0417 e. The lowest BCUT2D eigenvalue weighted by molar-refractivity contribution is 0.328. The maximum Gasteiger partial charge on any atom is 0.0417 e. The molecule has 1 fully saturated rings. The van der Waals surface area contributed by atoms with Crippen LogP contribution in [0.2, 0.25) is 0 Å². The van der Waals surface area contributed by atoms with Crippen LogP contribution >= 0.6 is 0 Å². The Kier molecular flexibility index (Phi) is 5.44. The van der Waals surface area contributed by atoms with Crippen molar-refractivity contribution in [2.75, 3.05) is 31.6 Å². The maximum atomic E-state index is 6.32. The number of benzene rings is 1. The van der Waals surface area contributed by atoms with Crippen molar-refractivity contribution in [3.05, 3.63) is 29.8 Å². The van der Waals surface area contributed by atoms with Crippen LogP contribution in [0.25, 0.3) is 0 Å². The summed E-state index contributed by atoms with van der Waals surface area (Å²) >= 11 is 0. The van der Waals surface area contributed by atoms with Crippen LogP contribution in [0.15, 0.2) is 24.3 Å². The van der Waals surface area contributed by atoms with E-state index in [1.54, 1.807) is 0 Å². The van der Waals surface area contributed by atoms with Crippen molar-refractivity contribution in [3.63, 3.8) is 0 Å². The molecule has 0 aliphatic carbocycles. The molecular weight excluding hydrogens is 246 g/mol. The van der Waals surface area contributed by atoms with E-state index >= 15 is 0 Å². The maximum absolute atomic E-state index is 6.32. The minimum Gasteiger partial charge on any atom is -0.367 e. The van der Waals surface area contributed by atoms with Crippen LogP contribution in [0.4, 0.5) is 5.69 Å². The summed E-state index contributed by atoms with van der Waals surface area (Å²) in [6.45, 7) is 7.92. The van der Waals surface area contributed by atoms with E-state index in [9.17, 15) is 0 Å². The molecule has 1 aromatic carbocycles. The van der Waals surface area contributed by atoms with E-state index in [-0.39, 0.29) is 6.04 Å². The van der Waals surface area contributed by atoms with Crippen molar-refractivity contribution in [1.29, 1.82) is 0 Å². The molecule has 2 atom stereocenters. The van der Waals surface area contributed by atoms with Crippen LogP contribution in [-0.2, 0) is 0 Å². The second-order valence-electron chi connectivity index (χ2n) is 5.94. The highest BCUT2D eigenvalue weighted by Gasteiger charge is 2.24. The molecule has 0 spiro atoms. The van der Waals surface area contributed by atoms with E-state index in [0.717, 1.165) is 19.5 Å². The lowest BCUT2D eigenvalue weighted by Gasteiger charge is -2.34. The molecule has 0 saturated carbocycles. The van der Waals surface area contributed by atoms with Crippen LogP contribution in [0.1, 0.15) is 44.7 Å². The first kappa shape index (κ1) is 15.3. The molecular formula is C17H29N3. The first-order valence-electron chi connectivity index (χ1n) is 7.97. The summed E-state index contributed by atoms with van der Waals surface area (Å²) < 4.78 is 0. The van der Waals surface area contributed by atoms with Crippen molar-refractivity contribution in [2.24, 2.45) is 5.73 Å². The average molecular weight is 275 g/mol. The second kappa shape index (κ2) is 7.09. The second-order valence-corrected chi connectivity index (χ2v) is 5.94. The SMILES string of the molecule is CCC1CN(C)CCCN1c1ccccc1[C@@H](N)CC. The fourth-order valence-electron chi connectivity index (χ4n) is 3.19. The molecule has 0 radical (unpaired) electrons. The van der Waals surface area contributed by atoms with Gasteiger partial charge in [0.1, 0.15) is 0 Å². The number of hydrogen-bond acceptors (Lipinski definition) is 3. The molecule has 0 bridgehead atoms. The fourth-order valence-corrected chi connectivity index (χ4v) is 3.19. The van der Waals surface area contributed by atoms with Gasteiger partial charge in [0.2, 0.25) is 0 Å². The molecule has 1 heterocycles. The van der Waals surface area contributed by atoms with Crippen LogP contribution in [0, 0.1) is 0 Å². The number of rotatable bonds is 4. The number of nitrogens with two attached hydrogens (primary N) is 1. The van der Waals surface area contributed by atoms with Crippen molar-refractivity contribution < 1.29 is 0 Å². The van der Waals surface area contributed by atoms with Crippen LogP contribution in [-0.4, -0.2) is 37.6 Å². The standard InChI is InChI=1S/C17H29N3/c1-4-14-13-19(3)11-8-12-20(14)17-10-7-6-9-15(17)16(18)5-2/h6-7,9-10,14,16H,4-5,8,11-13,18H2,1-3H3/t14?,16-/m0/s1. The van der Waals surface area contributed by atoms with Gasteiger partial charge in [0.25, 0.3) is 0 Å². The van der Waals surface area contributed by atoms with Gasteiger partial charge in [0.15, 0.2) is 0 Å². The third-order valence-electron chi connectivity index (χ3n) is 4.46. The zero-order valence-electron chi connectivity index (χ0n) is 13.2. The molecule has 20 heavy (non-hydrogen) atoms. The van der Waals surface area contributed by atoms with Crippen LogP contribution < -0.4 is 10.6 Å². The normalized spacial score (nSPS) is 22.6. The first-order valence-corrected chi connectivity index (χ1v) is 7.97. The Hall–Kier alpha value is -1.06. The predicted molar refractivity (Wildman–Crippen MR) is 87.2 cm³/mol. The molecule has 1 aliphatic heterocycles. The van der Waals surface area contributed by atoms with Crippen LogP contribution in [0.5, 0.6) is 0 Å². The summed E-state index contributed by atoms with van der Waals surface area (Å²) in [5.41, 5.74) is 8.97. The van der Waals surface area contributed by atoms with Crippen molar-refractivity contribution >= 4 is 5.69 Å². The minimum atomic E-state index is 0.143. The van der Waals surface area contributed by atoms with Gasteiger partial charge in [0, 0.05) is 30.9 Å². The van der Waals surface area contributed by atoms with Gasteiger partial charge in [-0.1, -0.05) is 32.0 Å². The Morgan fingerprint density at radius 2 is 2.00 bits per heavy atom. The lowest BCUT2D eigenvalue weighted by Crippen LogP contribution is -2.40. The van der Waals surface area contributed by atoms with Gasteiger partial charge in [-0.05, 0) is 44.5 Å². The van der Waals surface area contributed by atoms with Crippen molar-refractivity contribution in [2.45, 2.75) is 45.2 Å². The third-order valence-corrected chi connectivity index (χ3v) is 4.46. The number of para-hydroxylation sites is 1. The van der Waals surface area contributed by atoms with Crippen LogP contribution in [0.3, 0.4) is 0 Å². The van der Waals surface area contributed by atoms with Gasteiger partial charge in [-0.2, -0.15) is 0 Å². The Morgan fingerprint density at radius 1 is 1.25 bits per heavy atom. The highest BCUT2D eigenvalue weighted by atomic mass is 15.2. The molecule has 3 nitrogen and oxygen atoms in total. The minimum absolute atomic E-state index is 0.143. The first-order chi connectivity index (χ1) is 9.67. The molecule has 3 heteroatoms. The van der Waals surface area contributed by atoms with E-state index < -0.39 is 0 Å². The van der Waals surface area contributed by atoms with Crippen molar-refractivity contribution in [3.8, 4) is 0 Å². The topological polar surface area (TPSA) is 32.5 Å². The van der Waals surface area contributed by atoms with Gasteiger partial charge in [-0.15, -0.1) is 0 Å². The summed E-state index contributed by atoms with van der Waals surface area (Å²) in [7, 11) is 2.23. The fraction of sp³-hybridized carbons (Fsp3) is 0.647. The average Bonchev–Trinajstić information content (AvgIpc) is 2.67. The Bertz CT molecular complexity index is 418. The Morgan fingerprint density at radius 3 is 2.70 bits per heavy atom. The summed E-state index contributed by atoms with van der Waals surface area (Å²) in [5, 5.41) is 0. The predicted octanol–water partition coefficient (Wildman–Crippen LogP) is 3.02. The molecule has 1 saturated heterocycles. The number of nitrogens with zero attached hydrogens (tertiary/aromatic N) is 2. The largest absolute Gasteiger partial charge is 0.367 e. The Balaban J connectivity index is 2.32. The molecule has 1 aromatic rings. The van der Waals surface area contributed by atoms with E-state index in [4.69, 9.17) is 5.73 Å². The monoisotopic (exact) mass is 275 g/mol. The van der Waals surface area contributed by atoms with Crippen molar-refractivity contribution in [1.82, 2.24) is 4.90 Å². The van der Waals surface area contributed by atoms with Gasteiger partial charge in [-0.25, -0.2) is 0 Å². The quantitative estimate of drug-likeness (QED) is 0.917. The van der Waals surface area contributed by atoms with E-state index in [1.807, 2.05) is 0 Å². The molecule has 1 unspecified atom stereocenters. The van der Waals surface area contributed by atoms with Gasteiger partial charge in [0.05, 0.1) is 0 Å². The highest BCUT2D eigenvalue weighted by Crippen LogP contribution is 2.30. The molecule has 1 aliphatic rings. The molecule has 112 valence electrons. The molecule has 0 aromatic heterocycles. The number of hydrogen-bond donors (Lipinski definition) is 1. The highest BCUT2D eigenvalue weighted by molar-refractivity contribution is 5.56. The zero-order chi connectivity index (χ0) is 14.5. The lowest BCUT2D eigenvalue weighted by atomic mass is 10.0. The summed E-state index contributed by atoms with van der Waals surface area (Å²) in [6.07, 6.45) is 3.39. The third kappa shape index (κ3) is 3.33. The van der Waals surface area contributed by atoms with Gasteiger partial charge < -0.3 is 15.5 Å². The zero-order valence-corrected chi connectivity index (χ0v) is 13.2. The van der Waals surface area contributed by atoms with Gasteiger partial charge in [-0.3, -0.25) is 0 Å². The molecule has 2 N–H and O–H groups in total. The summed E-state index contributed by atoms with van der Waals surface area (Å²) in [5.74, 6) is 0. The number of likely N-dealkylation sites (N-methyl/N-ethyl adjacent to an activating group) is 1. The Labute approximate surface area is 123 Å². The number of anilines is 1. The van der Waals surface area contributed by atoms with E-state index in [0.29, 0.717) is 6.04 Å². The summed E-state index contributed by atoms with van der Waals surface area (Å²) in [4.78, 5) is 5.05. The van der Waals surface area contributed by atoms with E-state index in [2.05, 4.69) is 55.0 Å².